The lowest BCUT2D eigenvalue weighted by Crippen LogP contribution is -2.15. The van der Waals surface area contributed by atoms with E-state index in [1.807, 2.05) is 53.9 Å². The van der Waals surface area contributed by atoms with E-state index in [0.717, 1.165) is 44.5 Å². The van der Waals surface area contributed by atoms with Crippen LogP contribution in [-0.4, -0.2) is 29.3 Å². The predicted octanol–water partition coefficient (Wildman–Crippen LogP) is 5.61. The van der Waals surface area contributed by atoms with E-state index in [1.165, 1.54) is 0 Å². The number of hydrogen-bond acceptors (Lipinski definition) is 5. The molecule has 1 aliphatic heterocycles. The molecule has 5 nitrogen and oxygen atoms in total. The smallest absolute Gasteiger partial charge is 0.335 e. The predicted molar refractivity (Wildman–Crippen MR) is 116 cm³/mol. The van der Waals surface area contributed by atoms with Gasteiger partial charge in [0.05, 0.1) is 16.8 Å². The van der Waals surface area contributed by atoms with Crippen molar-refractivity contribution in [1.29, 1.82) is 0 Å². The molecule has 0 spiro atoms. The number of benzene rings is 3. The normalized spacial score (nSPS) is 12.5. The molecular weight excluding hydrogens is 398 g/mol. The highest BCUT2D eigenvalue weighted by Gasteiger charge is 2.19. The van der Waals surface area contributed by atoms with Crippen molar-refractivity contribution in [1.82, 2.24) is 4.98 Å². The van der Waals surface area contributed by atoms with E-state index >= 15 is 0 Å². The fourth-order valence-electron chi connectivity index (χ4n) is 3.46. The number of aromatic carboxylic acids is 1. The average Bonchev–Trinajstić information content (AvgIpc) is 3.29. The molecule has 3 aromatic carbocycles. The van der Waals surface area contributed by atoms with Gasteiger partial charge in [-0.1, -0.05) is 36.4 Å². The Bertz CT molecular complexity index is 1250. The van der Waals surface area contributed by atoms with Gasteiger partial charge in [0, 0.05) is 10.9 Å². The van der Waals surface area contributed by atoms with Crippen LogP contribution in [0.4, 0.5) is 0 Å². The second-order valence-electron chi connectivity index (χ2n) is 6.83. The van der Waals surface area contributed by atoms with Crippen LogP contribution in [0.5, 0.6) is 11.5 Å². The molecule has 30 heavy (non-hydrogen) atoms. The molecule has 0 saturated heterocycles. The second kappa shape index (κ2) is 7.65. The summed E-state index contributed by atoms with van der Waals surface area (Å²) >= 11 is 1.55. The number of aromatic nitrogens is 1. The molecule has 0 unspecified atom stereocenters. The Morgan fingerprint density at radius 3 is 2.50 bits per heavy atom. The number of carboxylic acids is 1. The van der Waals surface area contributed by atoms with Gasteiger partial charge < -0.3 is 14.6 Å². The van der Waals surface area contributed by atoms with Crippen molar-refractivity contribution >= 4 is 17.3 Å². The van der Waals surface area contributed by atoms with Gasteiger partial charge in [-0.25, -0.2) is 9.78 Å². The first-order chi connectivity index (χ1) is 14.7. The zero-order chi connectivity index (χ0) is 20.5. The van der Waals surface area contributed by atoms with Gasteiger partial charge in [0.1, 0.15) is 18.2 Å². The van der Waals surface area contributed by atoms with E-state index in [2.05, 4.69) is 0 Å². The van der Waals surface area contributed by atoms with E-state index in [4.69, 9.17) is 14.5 Å². The van der Waals surface area contributed by atoms with Gasteiger partial charge in [0.25, 0.3) is 0 Å². The summed E-state index contributed by atoms with van der Waals surface area (Å²) in [5.41, 5.74) is 4.82. The third-order valence-electron chi connectivity index (χ3n) is 4.90. The molecule has 2 heterocycles. The first-order valence-corrected chi connectivity index (χ1v) is 10.4. The Labute approximate surface area is 177 Å². The maximum atomic E-state index is 11.3. The molecule has 4 aromatic rings. The Morgan fingerprint density at radius 2 is 1.63 bits per heavy atom. The lowest BCUT2D eigenvalue weighted by atomic mass is 10.0. The Kier molecular flexibility index (Phi) is 4.69. The van der Waals surface area contributed by atoms with Crippen LogP contribution in [0.25, 0.3) is 33.0 Å². The van der Waals surface area contributed by atoms with Crippen LogP contribution < -0.4 is 9.47 Å². The molecule has 148 valence electrons. The summed E-state index contributed by atoms with van der Waals surface area (Å²) in [6.07, 6.45) is 0. The fourth-order valence-corrected chi connectivity index (χ4v) is 4.31. The van der Waals surface area contributed by atoms with Crippen LogP contribution >= 0.6 is 11.3 Å². The number of hydrogen-bond donors (Lipinski definition) is 1. The maximum Gasteiger partial charge on any atom is 0.335 e. The molecule has 0 saturated carbocycles. The van der Waals surface area contributed by atoms with Gasteiger partial charge in [0.2, 0.25) is 0 Å². The fraction of sp³-hybridized carbons (Fsp3) is 0.0833. The molecule has 0 radical (unpaired) electrons. The highest BCUT2D eigenvalue weighted by atomic mass is 32.1. The first kappa shape index (κ1) is 18.4. The quantitative estimate of drug-likeness (QED) is 0.469. The maximum absolute atomic E-state index is 11.3. The van der Waals surface area contributed by atoms with Gasteiger partial charge in [-0.2, -0.15) is 0 Å². The summed E-state index contributed by atoms with van der Waals surface area (Å²) in [4.78, 5) is 16.1. The Morgan fingerprint density at radius 1 is 0.900 bits per heavy atom. The molecule has 0 bridgehead atoms. The number of nitrogens with zero attached hydrogens (tertiary/aromatic N) is 1. The Balaban J connectivity index is 1.50. The monoisotopic (exact) mass is 415 g/mol. The topological polar surface area (TPSA) is 68.7 Å². The van der Waals surface area contributed by atoms with E-state index in [9.17, 15) is 9.90 Å². The zero-order valence-corrected chi connectivity index (χ0v) is 16.7. The molecule has 5 rings (SSSR count). The highest BCUT2D eigenvalue weighted by molar-refractivity contribution is 7.13. The van der Waals surface area contributed by atoms with Crippen molar-refractivity contribution < 1.29 is 19.4 Å². The Hall–Kier alpha value is -3.64. The van der Waals surface area contributed by atoms with Crippen LogP contribution in [0.1, 0.15) is 10.4 Å². The van der Waals surface area contributed by atoms with Crippen molar-refractivity contribution in [2.24, 2.45) is 0 Å². The van der Waals surface area contributed by atoms with Crippen molar-refractivity contribution in [3.63, 3.8) is 0 Å². The van der Waals surface area contributed by atoms with Gasteiger partial charge >= 0.3 is 5.97 Å². The molecule has 0 fully saturated rings. The van der Waals surface area contributed by atoms with E-state index in [0.29, 0.717) is 13.2 Å². The minimum absolute atomic E-state index is 0.268. The van der Waals surface area contributed by atoms with Crippen molar-refractivity contribution in [3.8, 4) is 44.5 Å². The van der Waals surface area contributed by atoms with Gasteiger partial charge in [-0.3, -0.25) is 0 Å². The zero-order valence-electron chi connectivity index (χ0n) is 15.9. The van der Waals surface area contributed by atoms with Crippen molar-refractivity contribution in [2.45, 2.75) is 0 Å². The number of carbonyl (C=O) groups is 1. The molecule has 0 atom stereocenters. The molecule has 6 heteroatoms. The molecule has 1 aromatic heterocycles. The van der Waals surface area contributed by atoms with Crippen LogP contribution in [0.15, 0.2) is 72.1 Å². The largest absolute Gasteiger partial charge is 0.486 e. The van der Waals surface area contributed by atoms with E-state index in [1.54, 1.807) is 29.5 Å². The minimum atomic E-state index is -0.936. The molecule has 0 amide bonds. The second-order valence-corrected chi connectivity index (χ2v) is 7.69. The average molecular weight is 415 g/mol. The van der Waals surface area contributed by atoms with Crippen molar-refractivity contribution in [2.75, 3.05) is 13.2 Å². The van der Waals surface area contributed by atoms with Gasteiger partial charge in [-0.05, 0) is 41.5 Å². The number of ether oxygens (including phenoxy) is 2. The summed E-state index contributed by atoms with van der Waals surface area (Å²) in [5.74, 6) is 0.550. The third-order valence-corrected chi connectivity index (χ3v) is 5.78. The summed E-state index contributed by atoms with van der Waals surface area (Å²) in [5, 5.41) is 12.1. The molecule has 1 N–H and O–H groups in total. The van der Waals surface area contributed by atoms with Crippen LogP contribution in [0.2, 0.25) is 0 Å². The van der Waals surface area contributed by atoms with Crippen molar-refractivity contribution in [3.05, 3.63) is 77.7 Å². The van der Waals surface area contributed by atoms with E-state index < -0.39 is 5.97 Å². The van der Waals surface area contributed by atoms with E-state index in [-0.39, 0.29) is 5.56 Å². The summed E-state index contributed by atoms with van der Waals surface area (Å²) in [7, 11) is 0. The van der Waals surface area contributed by atoms with Crippen LogP contribution in [-0.2, 0) is 0 Å². The number of carboxylic acid groups (broad SMARTS) is 1. The number of thiazole rings is 1. The SMILES string of the molecule is O=C(O)c1cccc(-c2cccc(-c3csc(-c4cccc5c4OCCO5)n3)c2)c1. The van der Waals surface area contributed by atoms with Gasteiger partial charge in [0.15, 0.2) is 11.5 Å². The molecular formula is C24H17NO4S. The number of rotatable bonds is 4. The number of para-hydroxylation sites is 1. The molecule has 1 aliphatic rings. The lowest BCUT2D eigenvalue weighted by Gasteiger charge is -2.20. The summed E-state index contributed by atoms with van der Waals surface area (Å²) in [6, 6.07) is 20.7. The lowest BCUT2D eigenvalue weighted by molar-refractivity contribution is 0.0697. The summed E-state index contributed by atoms with van der Waals surface area (Å²) in [6.45, 7) is 1.08. The minimum Gasteiger partial charge on any atom is -0.486 e. The summed E-state index contributed by atoms with van der Waals surface area (Å²) < 4.78 is 11.5. The number of fused-ring (bicyclic) bond motifs is 1. The highest BCUT2D eigenvalue weighted by Crippen LogP contribution is 2.41. The molecule has 0 aliphatic carbocycles. The third kappa shape index (κ3) is 3.42. The standard InChI is InChI=1S/C24H17NO4S/c26-24(27)18-7-2-5-16(13-18)15-4-1-6-17(12-15)20-14-30-23(25-20)19-8-3-9-21-22(19)29-11-10-28-21/h1-9,12-14H,10-11H2,(H,26,27). The van der Waals surface area contributed by atoms with Crippen LogP contribution in [0.3, 0.4) is 0 Å². The van der Waals surface area contributed by atoms with Gasteiger partial charge in [-0.15, -0.1) is 11.3 Å². The first-order valence-electron chi connectivity index (χ1n) is 9.48. The van der Waals surface area contributed by atoms with Crippen LogP contribution in [0, 0.1) is 0 Å².